The van der Waals surface area contributed by atoms with Crippen molar-refractivity contribution in [3.05, 3.63) is 0 Å². The van der Waals surface area contributed by atoms with Gasteiger partial charge in [0.05, 0.1) is 0 Å². The Morgan fingerprint density at radius 2 is 1.12 bits per heavy atom. The van der Waals surface area contributed by atoms with Crippen molar-refractivity contribution in [2.24, 2.45) is 0 Å². The first-order valence-corrected chi connectivity index (χ1v) is 2.10. The van der Waals surface area contributed by atoms with Gasteiger partial charge in [0.1, 0.15) is 0 Å². The minimum atomic E-state index is -4.67. The second-order valence-corrected chi connectivity index (χ2v) is 1.34. The van der Waals surface area contributed by atoms with Crippen molar-refractivity contribution in [3.8, 4) is 0 Å². The summed E-state index contributed by atoms with van der Waals surface area (Å²) in [6.45, 7) is 0. The molecule has 0 aromatic rings. The fourth-order valence-corrected chi connectivity index (χ4v) is 0. The Kier molecular flexibility index (Phi) is 23.4. The van der Waals surface area contributed by atoms with Crippen molar-refractivity contribution < 1.29 is 51.1 Å². The molecule has 0 saturated carbocycles. The molecule has 0 fully saturated rings. The molecule has 61 valence electrons. The fraction of sp³-hybridized carbons (Fsp3) is 0. The van der Waals surface area contributed by atoms with Crippen LogP contribution in [0, 0.1) is 0 Å². The average Bonchev–Trinajstić information content (AvgIpc) is 0.722. The summed E-state index contributed by atoms with van der Waals surface area (Å²) in [7, 11) is -4.67. The van der Waals surface area contributed by atoms with E-state index in [9.17, 15) is 0 Å². The van der Waals surface area contributed by atoms with Gasteiger partial charge in [0.15, 0.2) is 0 Å². The first-order valence-electron chi connectivity index (χ1n) is 0.698. The molecular formula is H3ClCuNiO4S. The second-order valence-electron chi connectivity index (χ2n) is 0.448. The maximum Gasteiger partial charge on any atom is 0.394 e. The quantitative estimate of drug-likeness (QED) is 0.464. The molecule has 0 aliphatic heterocycles. The molecule has 0 amide bonds. The minimum absolute atomic E-state index is 0. The molecule has 0 aliphatic rings. The third kappa shape index (κ3) is 199. The third-order valence-corrected chi connectivity index (χ3v) is 0. The standard InChI is InChI=1S/ClH.Cu.Ni.H2O4S/c;;;1-5(2,3)4/h1H;;;(H2,1,2,3,4). The Hall–Kier alpha value is 1.17. The molecule has 8 heteroatoms. The van der Waals surface area contributed by atoms with Gasteiger partial charge in [0.25, 0.3) is 0 Å². The third-order valence-electron chi connectivity index (χ3n) is 0. The summed E-state index contributed by atoms with van der Waals surface area (Å²) < 4.78 is 31.6. The Labute approximate surface area is 73.8 Å². The zero-order valence-electron chi connectivity index (χ0n) is 3.15. The molecule has 0 aliphatic carbocycles. The van der Waals surface area contributed by atoms with E-state index in [2.05, 4.69) is 0 Å². The average molecular weight is 257 g/mol. The van der Waals surface area contributed by atoms with Gasteiger partial charge >= 0.3 is 10.4 Å². The van der Waals surface area contributed by atoms with E-state index >= 15 is 0 Å². The molecule has 0 saturated heterocycles. The van der Waals surface area contributed by atoms with Gasteiger partial charge in [-0.25, -0.2) is 0 Å². The van der Waals surface area contributed by atoms with Crippen LogP contribution < -0.4 is 0 Å². The van der Waals surface area contributed by atoms with Crippen LogP contribution in [0.25, 0.3) is 0 Å². The van der Waals surface area contributed by atoms with E-state index in [0.29, 0.717) is 0 Å². The summed E-state index contributed by atoms with van der Waals surface area (Å²) in [6, 6.07) is 0. The molecule has 0 atom stereocenters. The first kappa shape index (κ1) is 22.9. The van der Waals surface area contributed by atoms with Crippen LogP contribution in [0.1, 0.15) is 0 Å². The number of hydrogen-bond acceptors (Lipinski definition) is 2. The fourth-order valence-electron chi connectivity index (χ4n) is 0. The zero-order chi connectivity index (χ0) is 4.50. The molecule has 0 aromatic heterocycles. The molecule has 0 aromatic carbocycles. The van der Waals surface area contributed by atoms with Crippen LogP contribution in [-0.2, 0) is 44.0 Å². The van der Waals surface area contributed by atoms with Crippen molar-refractivity contribution >= 4 is 22.8 Å². The molecule has 0 spiro atoms. The van der Waals surface area contributed by atoms with Crippen molar-refractivity contribution in [1.82, 2.24) is 0 Å². The summed E-state index contributed by atoms with van der Waals surface area (Å²) >= 11 is 0. The number of rotatable bonds is 0. The van der Waals surface area contributed by atoms with Crippen LogP contribution in [0.15, 0.2) is 0 Å². The van der Waals surface area contributed by atoms with E-state index in [0.717, 1.165) is 0 Å². The summed E-state index contributed by atoms with van der Waals surface area (Å²) in [5, 5.41) is 0. The molecular weight excluding hydrogens is 254 g/mol. The molecule has 0 rings (SSSR count). The molecule has 0 unspecified atom stereocenters. The van der Waals surface area contributed by atoms with E-state index in [1.54, 1.807) is 0 Å². The van der Waals surface area contributed by atoms with Gasteiger partial charge in [0.2, 0.25) is 0 Å². The summed E-state index contributed by atoms with van der Waals surface area (Å²) in [5.41, 5.74) is 0. The monoisotopic (exact) mass is 255 g/mol. The van der Waals surface area contributed by atoms with Crippen molar-refractivity contribution in [1.29, 1.82) is 0 Å². The van der Waals surface area contributed by atoms with Gasteiger partial charge in [-0.05, 0) is 0 Å². The predicted molar refractivity (Wildman–Crippen MR) is 21.4 cm³/mol. The SMILES string of the molecule is Cl.O=S(=O)(O)O.[Cu].[Ni]. The van der Waals surface area contributed by atoms with Gasteiger partial charge in [-0.2, -0.15) is 8.42 Å². The molecule has 0 bridgehead atoms. The molecule has 0 heterocycles. The van der Waals surface area contributed by atoms with Gasteiger partial charge in [-0.3, -0.25) is 9.11 Å². The second kappa shape index (κ2) is 8.17. The van der Waals surface area contributed by atoms with E-state index in [1.165, 1.54) is 0 Å². The van der Waals surface area contributed by atoms with E-state index in [1.807, 2.05) is 0 Å². The molecule has 1 radical (unpaired) electrons. The van der Waals surface area contributed by atoms with Crippen LogP contribution in [0.2, 0.25) is 0 Å². The molecule has 2 N–H and O–H groups in total. The number of halogens is 1. The molecule has 8 heavy (non-hydrogen) atoms. The van der Waals surface area contributed by atoms with E-state index < -0.39 is 10.4 Å². The normalized spacial score (nSPS) is 7.25. The Morgan fingerprint density at radius 3 is 1.12 bits per heavy atom. The minimum Gasteiger partial charge on any atom is -0.264 e. The summed E-state index contributed by atoms with van der Waals surface area (Å²) in [5.74, 6) is 0. The zero-order valence-corrected chi connectivity index (χ0v) is 6.71. The van der Waals surface area contributed by atoms with Crippen LogP contribution in [0.4, 0.5) is 0 Å². The van der Waals surface area contributed by atoms with Crippen molar-refractivity contribution in [2.75, 3.05) is 0 Å². The maximum absolute atomic E-state index is 8.74. The van der Waals surface area contributed by atoms with E-state index in [4.69, 9.17) is 17.5 Å². The Morgan fingerprint density at radius 1 is 1.12 bits per heavy atom. The number of hydrogen-bond donors (Lipinski definition) is 2. The molecule has 4 nitrogen and oxygen atoms in total. The van der Waals surface area contributed by atoms with Gasteiger partial charge in [-0.1, -0.05) is 0 Å². The van der Waals surface area contributed by atoms with E-state index in [-0.39, 0.29) is 46.0 Å². The van der Waals surface area contributed by atoms with Crippen molar-refractivity contribution in [2.45, 2.75) is 0 Å². The van der Waals surface area contributed by atoms with Gasteiger partial charge < -0.3 is 0 Å². The van der Waals surface area contributed by atoms with Crippen LogP contribution >= 0.6 is 12.4 Å². The smallest absolute Gasteiger partial charge is 0.264 e. The Balaban J connectivity index is -0.0000000267. The van der Waals surface area contributed by atoms with Gasteiger partial charge in [-0.15, -0.1) is 12.4 Å². The van der Waals surface area contributed by atoms with Crippen LogP contribution in [0.3, 0.4) is 0 Å². The van der Waals surface area contributed by atoms with Crippen molar-refractivity contribution in [3.63, 3.8) is 0 Å². The van der Waals surface area contributed by atoms with Crippen LogP contribution in [-0.4, -0.2) is 17.5 Å². The predicted octanol–water partition coefficient (Wildman–Crippen LogP) is -0.236. The maximum atomic E-state index is 8.74. The first-order chi connectivity index (χ1) is 2.00. The largest absolute Gasteiger partial charge is 0.394 e. The van der Waals surface area contributed by atoms with Crippen LogP contribution in [0.5, 0.6) is 0 Å². The Bertz CT molecular complexity index is 99.2. The summed E-state index contributed by atoms with van der Waals surface area (Å²) in [6.07, 6.45) is 0. The summed E-state index contributed by atoms with van der Waals surface area (Å²) in [4.78, 5) is 0. The topological polar surface area (TPSA) is 74.6 Å². The van der Waals surface area contributed by atoms with Gasteiger partial charge in [0, 0.05) is 33.6 Å².